The smallest absolute Gasteiger partial charge is 0.352 e. The lowest BCUT2D eigenvalue weighted by Crippen LogP contribution is -2.71. The Balaban J connectivity index is 1.53. The molecule has 4 rings (SSSR count). The van der Waals surface area contributed by atoms with E-state index in [1.807, 2.05) is 0 Å². The second kappa shape index (κ2) is 9.31. The average Bonchev–Trinajstić information content (AvgIpc) is 3.44. The number of hydrogen-bond donors (Lipinski definition) is 3. The van der Waals surface area contributed by atoms with Gasteiger partial charge in [-0.1, -0.05) is 5.16 Å². The Morgan fingerprint density at radius 2 is 2.15 bits per heavy atom. The number of anilines is 1. The first-order chi connectivity index (χ1) is 15.8. The summed E-state index contributed by atoms with van der Waals surface area (Å²) in [6.07, 6.45) is 2.26. The van der Waals surface area contributed by atoms with Gasteiger partial charge in [0.1, 0.15) is 36.5 Å². The molecule has 0 aliphatic carbocycles. The highest BCUT2D eigenvalue weighted by Gasteiger charge is 2.55. The normalized spacial score (nSPS) is 24.4. The number of thioether (sulfide) groups is 1. The zero-order chi connectivity index (χ0) is 23.8. The highest BCUT2D eigenvalue weighted by Crippen LogP contribution is 2.41. The van der Waals surface area contributed by atoms with E-state index in [1.165, 1.54) is 23.8 Å². The highest BCUT2D eigenvalue weighted by atomic mass is 32.2. The maximum atomic E-state index is 13.0. The molecule has 33 heavy (non-hydrogen) atoms. The largest absolute Gasteiger partial charge is 0.477 e. The maximum absolute atomic E-state index is 13.0. The van der Waals surface area contributed by atoms with Gasteiger partial charge in [0, 0.05) is 29.5 Å². The Morgan fingerprint density at radius 3 is 2.73 bits per heavy atom. The number of carbonyl (C=O) groups excluding carboxylic acids is 2. The van der Waals surface area contributed by atoms with Gasteiger partial charge in [-0.15, -0.1) is 23.1 Å². The number of carboxylic acids is 1. The molecule has 11 nitrogen and oxygen atoms in total. The Kier molecular flexibility index (Phi) is 6.64. The van der Waals surface area contributed by atoms with E-state index in [9.17, 15) is 19.5 Å². The van der Waals surface area contributed by atoms with Gasteiger partial charge in [-0.05, 0) is 6.92 Å². The van der Waals surface area contributed by atoms with E-state index in [4.69, 9.17) is 10.6 Å². The van der Waals surface area contributed by atoms with Crippen LogP contribution in [-0.2, 0) is 19.2 Å². The van der Waals surface area contributed by atoms with Crippen LogP contribution >= 0.6 is 23.1 Å². The van der Waals surface area contributed by atoms with Gasteiger partial charge in [-0.25, -0.2) is 9.78 Å². The van der Waals surface area contributed by atoms with Crippen molar-refractivity contribution in [1.82, 2.24) is 15.2 Å². The summed E-state index contributed by atoms with van der Waals surface area (Å²) in [5.74, 6) is -1.69. The molecule has 2 atom stereocenters. The third-order valence-corrected chi connectivity index (χ3v) is 8.42. The molecule has 1 aromatic rings. The lowest BCUT2D eigenvalue weighted by atomic mass is 10.0. The van der Waals surface area contributed by atoms with Crippen molar-refractivity contribution in [1.29, 1.82) is 0 Å². The lowest BCUT2D eigenvalue weighted by molar-refractivity contribution is -0.910. The fraction of sp³-hybridized carbons (Fsp3) is 0.550. The molecule has 0 aromatic carbocycles. The van der Waals surface area contributed by atoms with E-state index < -0.39 is 29.2 Å². The van der Waals surface area contributed by atoms with Crippen LogP contribution in [0.3, 0.4) is 0 Å². The Hall–Kier alpha value is -2.64. The minimum absolute atomic E-state index is 0.0603. The molecule has 2 saturated heterocycles. The number of likely N-dealkylation sites (N-methyl/N-ethyl adjacent to an activating group) is 1. The van der Waals surface area contributed by atoms with Crippen molar-refractivity contribution in [3.63, 3.8) is 0 Å². The molecule has 4 heterocycles. The number of hydrogen-bond acceptors (Lipinski definition) is 9. The van der Waals surface area contributed by atoms with Crippen LogP contribution in [0.2, 0.25) is 0 Å². The van der Waals surface area contributed by atoms with Crippen LogP contribution in [0.4, 0.5) is 5.13 Å². The number of oxime groups is 1. The first-order valence-corrected chi connectivity index (χ1v) is 12.6. The van der Waals surface area contributed by atoms with Gasteiger partial charge in [0.15, 0.2) is 10.8 Å². The number of quaternary nitrogens is 1. The predicted octanol–water partition coefficient (Wildman–Crippen LogP) is 0.445. The number of carboxylic acid groups (broad SMARTS) is 1. The summed E-state index contributed by atoms with van der Waals surface area (Å²) in [5, 5.41) is 17.7. The highest BCUT2D eigenvalue weighted by molar-refractivity contribution is 8.00. The van der Waals surface area contributed by atoms with E-state index >= 15 is 0 Å². The molecule has 3 aliphatic rings. The number of β-lactam (4-membered cyclic amide) rings is 1. The molecule has 2 fully saturated rings. The SMILES string of the molecule is CC[N+]1(CC2=C(C(=O)O)N3C(=O)C(NC(=O)/C(=N\OC)c4csc(N)n4)[C@H]3SC2)CCCC1. The second-order valence-electron chi connectivity index (χ2n) is 8.28. The van der Waals surface area contributed by atoms with Crippen molar-refractivity contribution in [3.8, 4) is 0 Å². The van der Waals surface area contributed by atoms with E-state index in [0.29, 0.717) is 12.3 Å². The third-order valence-electron chi connectivity index (χ3n) is 6.41. The number of nitrogens with zero attached hydrogens (tertiary/aromatic N) is 4. The molecule has 13 heteroatoms. The fourth-order valence-electron chi connectivity index (χ4n) is 4.70. The topological polar surface area (TPSA) is 147 Å². The molecule has 0 bridgehead atoms. The van der Waals surface area contributed by atoms with E-state index in [-0.39, 0.29) is 22.2 Å². The number of nitrogen functional groups attached to an aromatic ring is 1. The van der Waals surface area contributed by atoms with Gasteiger partial charge in [-0.3, -0.25) is 14.5 Å². The zero-order valence-electron chi connectivity index (χ0n) is 18.4. The molecule has 1 unspecified atom stereocenters. The molecule has 0 radical (unpaired) electrons. The molecular formula is C20H27N6O5S2+. The second-order valence-corrected chi connectivity index (χ2v) is 10.3. The van der Waals surface area contributed by atoms with Crippen LogP contribution in [0.15, 0.2) is 21.8 Å². The molecule has 0 spiro atoms. The number of nitrogens with one attached hydrogen (secondary N) is 1. The first kappa shape index (κ1) is 23.5. The zero-order valence-corrected chi connectivity index (χ0v) is 20.1. The summed E-state index contributed by atoms with van der Waals surface area (Å²) in [7, 11) is 1.30. The van der Waals surface area contributed by atoms with Gasteiger partial charge in [0.25, 0.3) is 11.8 Å². The standard InChI is InChI=1S/C20H26N6O5S2/c1-3-26(6-4-5-7-26)8-11-9-32-18-14(17(28)25(18)15(11)19(29)30)23-16(27)13(24-31-2)12-10-33-20(21)22-12/h10,14,18H,3-9H2,1-2H3,(H3-,21,22,23,27,29,30)/p+1/b24-13-/t14?,18-/m1/s1. The van der Waals surface area contributed by atoms with Crippen molar-refractivity contribution in [2.45, 2.75) is 31.2 Å². The molecule has 1 aromatic heterocycles. The lowest BCUT2D eigenvalue weighted by Gasteiger charge is -2.50. The summed E-state index contributed by atoms with van der Waals surface area (Å²) < 4.78 is 0.854. The third kappa shape index (κ3) is 4.32. The van der Waals surface area contributed by atoms with Crippen LogP contribution in [0.1, 0.15) is 25.5 Å². The van der Waals surface area contributed by atoms with Crippen LogP contribution in [0.25, 0.3) is 0 Å². The minimum Gasteiger partial charge on any atom is -0.477 e. The summed E-state index contributed by atoms with van der Waals surface area (Å²) in [6, 6.07) is -0.863. The minimum atomic E-state index is -1.11. The molecule has 2 amide bonds. The average molecular weight is 496 g/mol. The fourth-order valence-corrected chi connectivity index (χ4v) is 6.59. The molecule has 3 aliphatic heterocycles. The van der Waals surface area contributed by atoms with Crippen molar-refractivity contribution in [3.05, 3.63) is 22.3 Å². The number of likely N-dealkylation sites (tertiary alicyclic amines) is 1. The van der Waals surface area contributed by atoms with Crippen molar-refractivity contribution < 1.29 is 28.8 Å². The van der Waals surface area contributed by atoms with Gasteiger partial charge >= 0.3 is 5.97 Å². The van der Waals surface area contributed by atoms with Crippen LogP contribution in [0, 0.1) is 0 Å². The van der Waals surface area contributed by atoms with Gasteiger partial charge in [0.05, 0.1) is 19.6 Å². The Morgan fingerprint density at radius 1 is 1.42 bits per heavy atom. The summed E-state index contributed by atoms with van der Waals surface area (Å²) in [4.78, 5) is 48.1. The quantitative estimate of drug-likeness (QED) is 0.204. The summed E-state index contributed by atoms with van der Waals surface area (Å²) in [5.41, 5.74) is 6.63. The number of thiazole rings is 1. The molecule has 178 valence electrons. The number of nitrogens with two attached hydrogens (primary N) is 1. The number of carbonyl (C=O) groups is 3. The van der Waals surface area contributed by atoms with Crippen LogP contribution < -0.4 is 11.1 Å². The van der Waals surface area contributed by atoms with Gasteiger partial charge < -0.3 is 25.5 Å². The first-order valence-electron chi connectivity index (χ1n) is 10.7. The maximum Gasteiger partial charge on any atom is 0.352 e. The Labute approximate surface area is 199 Å². The van der Waals surface area contributed by atoms with E-state index in [2.05, 4.69) is 22.4 Å². The number of amides is 2. The molecular weight excluding hydrogens is 468 g/mol. The van der Waals surface area contributed by atoms with Crippen molar-refractivity contribution in [2.75, 3.05) is 44.8 Å². The van der Waals surface area contributed by atoms with Crippen molar-refractivity contribution in [2.24, 2.45) is 5.16 Å². The molecule has 4 N–H and O–H groups in total. The van der Waals surface area contributed by atoms with E-state index in [0.717, 1.165) is 53.9 Å². The van der Waals surface area contributed by atoms with Crippen LogP contribution in [-0.4, -0.2) is 93.4 Å². The Bertz CT molecular complexity index is 1030. The van der Waals surface area contributed by atoms with E-state index in [1.54, 1.807) is 5.38 Å². The number of aliphatic carboxylic acids is 1. The van der Waals surface area contributed by atoms with Gasteiger partial charge in [-0.2, -0.15) is 0 Å². The van der Waals surface area contributed by atoms with Crippen LogP contribution in [0.5, 0.6) is 0 Å². The van der Waals surface area contributed by atoms with Gasteiger partial charge in [0.2, 0.25) is 0 Å². The molecule has 0 saturated carbocycles. The number of fused-ring (bicyclic) bond motifs is 1. The number of aromatic nitrogens is 1. The van der Waals surface area contributed by atoms with Crippen molar-refractivity contribution >= 4 is 51.7 Å². The summed E-state index contributed by atoms with van der Waals surface area (Å²) in [6.45, 7) is 5.74. The summed E-state index contributed by atoms with van der Waals surface area (Å²) >= 11 is 2.62. The number of rotatable bonds is 8. The predicted molar refractivity (Wildman–Crippen MR) is 124 cm³/mol. The monoisotopic (exact) mass is 495 g/mol.